The second-order valence-corrected chi connectivity index (χ2v) is 4.79. The van der Waals surface area contributed by atoms with Crippen molar-refractivity contribution in [3.05, 3.63) is 17.8 Å². The monoisotopic (exact) mass is 278 g/mol. The number of primary amides is 1. The van der Waals surface area contributed by atoms with Crippen LogP contribution >= 0.6 is 0 Å². The zero-order chi connectivity index (χ0) is 14.7. The molecule has 1 unspecified atom stereocenters. The highest BCUT2D eigenvalue weighted by atomic mass is 16.2. The largest absolute Gasteiger partial charge is 0.368 e. The molecule has 0 bridgehead atoms. The molecule has 20 heavy (non-hydrogen) atoms. The molecule has 3 N–H and O–H groups in total. The Kier molecular flexibility index (Phi) is 4.14. The fraction of sp³-hybridized carbons (Fsp3) is 0.500. The maximum Gasteiger partial charge on any atom is 0.273 e. The summed E-state index contributed by atoms with van der Waals surface area (Å²) in [7, 11) is 3.30. The summed E-state index contributed by atoms with van der Waals surface area (Å²) in [5, 5.41) is 11.1. The van der Waals surface area contributed by atoms with Gasteiger partial charge < -0.3 is 20.9 Å². The first kappa shape index (κ1) is 14.2. The molecule has 8 heteroatoms. The number of piperazine rings is 1. The minimum absolute atomic E-state index is 0.212. The number of nitrogens with zero attached hydrogens (tertiary/aromatic N) is 4. The Hall–Kier alpha value is -2.22. The van der Waals surface area contributed by atoms with Gasteiger partial charge in [0, 0.05) is 33.7 Å². The Morgan fingerprint density at radius 1 is 1.40 bits per heavy atom. The number of hydrogen-bond donors (Lipinski definition) is 2. The number of anilines is 1. The van der Waals surface area contributed by atoms with Crippen LogP contribution in [0.5, 0.6) is 0 Å². The van der Waals surface area contributed by atoms with Gasteiger partial charge in [-0.1, -0.05) is 0 Å². The number of carbonyl (C=O) groups is 2. The molecule has 8 nitrogen and oxygen atoms in total. The summed E-state index contributed by atoms with van der Waals surface area (Å²) in [5.41, 5.74) is 5.65. The van der Waals surface area contributed by atoms with E-state index in [1.165, 1.54) is 4.90 Å². The Morgan fingerprint density at radius 3 is 2.70 bits per heavy atom. The standard InChI is InChI=1S/C12H18N6O2/c1-17(2)12(20)8-3-4-10(16-15-8)18-6-5-14-7-9(18)11(13)19/h3-4,9,14H,5-7H2,1-2H3,(H2,13,19). The number of nitrogens with one attached hydrogen (secondary N) is 1. The summed E-state index contributed by atoms with van der Waals surface area (Å²) in [6.07, 6.45) is 0. The topological polar surface area (TPSA) is 104 Å². The Balaban J connectivity index is 2.20. The molecule has 0 saturated carbocycles. The lowest BCUT2D eigenvalue weighted by Gasteiger charge is -2.34. The van der Waals surface area contributed by atoms with Crippen LogP contribution < -0.4 is 16.0 Å². The highest BCUT2D eigenvalue weighted by Gasteiger charge is 2.28. The molecule has 2 rings (SSSR count). The van der Waals surface area contributed by atoms with E-state index in [2.05, 4.69) is 15.5 Å². The number of carbonyl (C=O) groups excluding carboxylic acids is 2. The maximum atomic E-state index is 11.7. The average Bonchev–Trinajstić information content (AvgIpc) is 2.46. The van der Waals surface area contributed by atoms with Crippen molar-refractivity contribution in [3.8, 4) is 0 Å². The summed E-state index contributed by atoms with van der Waals surface area (Å²) in [6.45, 7) is 1.84. The predicted molar refractivity (Wildman–Crippen MR) is 73.2 cm³/mol. The van der Waals surface area contributed by atoms with E-state index in [-0.39, 0.29) is 11.6 Å². The molecule has 1 saturated heterocycles. The van der Waals surface area contributed by atoms with Crippen molar-refractivity contribution >= 4 is 17.6 Å². The van der Waals surface area contributed by atoms with Gasteiger partial charge in [0.2, 0.25) is 5.91 Å². The summed E-state index contributed by atoms with van der Waals surface area (Å²) >= 11 is 0. The minimum Gasteiger partial charge on any atom is -0.368 e. The quantitative estimate of drug-likeness (QED) is 0.693. The third kappa shape index (κ3) is 2.85. The molecule has 1 aliphatic rings. The number of amides is 2. The van der Waals surface area contributed by atoms with Crippen molar-refractivity contribution in [2.75, 3.05) is 38.6 Å². The molecule has 2 amide bonds. The van der Waals surface area contributed by atoms with E-state index in [9.17, 15) is 9.59 Å². The molecule has 108 valence electrons. The van der Waals surface area contributed by atoms with Crippen molar-refractivity contribution < 1.29 is 9.59 Å². The van der Waals surface area contributed by atoms with Gasteiger partial charge in [0.1, 0.15) is 6.04 Å². The van der Waals surface area contributed by atoms with Crippen LogP contribution in [-0.2, 0) is 4.79 Å². The zero-order valence-electron chi connectivity index (χ0n) is 11.5. The highest BCUT2D eigenvalue weighted by molar-refractivity contribution is 5.92. The molecule has 2 heterocycles. The SMILES string of the molecule is CN(C)C(=O)c1ccc(N2CCNCC2C(N)=O)nn1. The molecule has 0 aliphatic carbocycles. The summed E-state index contributed by atoms with van der Waals surface area (Å²) in [6, 6.07) is 2.84. The smallest absolute Gasteiger partial charge is 0.273 e. The molecule has 0 radical (unpaired) electrons. The van der Waals surface area contributed by atoms with E-state index in [1.807, 2.05) is 0 Å². The van der Waals surface area contributed by atoms with Gasteiger partial charge >= 0.3 is 0 Å². The molecule has 1 fully saturated rings. The fourth-order valence-corrected chi connectivity index (χ4v) is 2.05. The van der Waals surface area contributed by atoms with Crippen molar-refractivity contribution in [2.24, 2.45) is 5.73 Å². The molecule has 0 aromatic carbocycles. The molecule has 1 aromatic rings. The van der Waals surface area contributed by atoms with Crippen LogP contribution in [0.3, 0.4) is 0 Å². The fourth-order valence-electron chi connectivity index (χ4n) is 2.05. The first-order chi connectivity index (χ1) is 9.50. The van der Waals surface area contributed by atoms with Crippen LogP contribution in [0.1, 0.15) is 10.5 Å². The van der Waals surface area contributed by atoms with Crippen molar-refractivity contribution in [1.82, 2.24) is 20.4 Å². The van der Waals surface area contributed by atoms with Crippen LogP contribution in [0.15, 0.2) is 12.1 Å². The van der Waals surface area contributed by atoms with Gasteiger partial charge in [-0.05, 0) is 12.1 Å². The van der Waals surface area contributed by atoms with Crippen molar-refractivity contribution in [1.29, 1.82) is 0 Å². The van der Waals surface area contributed by atoms with Crippen LogP contribution in [0.4, 0.5) is 5.82 Å². The zero-order valence-corrected chi connectivity index (χ0v) is 11.5. The van der Waals surface area contributed by atoms with Gasteiger partial charge in [-0.15, -0.1) is 10.2 Å². The lowest BCUT2D eigenvalue weighted by atomic mass is 10.2. The van der Waals surface area contributed by atoms with Crippen molar-refractivity contribution in [3.63, 3.8) is 0 Å². The number of rotatable bonds is 3. The van der Waals surface area contributed by atoms with Crippen LogP contribution in [-0.4, -0.2) is 66.7 Å². The molecule has 1 aromatic heterocycles. The van der Waals surface area contributed by atoms with E-state index in [4.69, 9.17) is 5.73 Å². The van der Waals surface area contributed by atoms with Gasteiger partial charge in [-0.2, -0.15) is 0 Å². The first-order valence-corrected chi connectivity index (χ1v) is 6.32. The third-order valence-electron chi connectivity index (χ3n) is 3.14. The van der Waals surface area contributed by atoms with Gasteiger partial charge in [-0.3, -0.25) is 9.59 Å². The second-order valence-electron chi connectivity index (χ2n) is 4.79. The summed E-state index contributed by atoms with van der Waals surface area (Å²) in [4.78, 5) is 26.4. The first-order valence-electron chi connectivity index (χ1n) is 6.32. The minimum atomic E-state index is -0.451. The molecular weight excluding hydrogens is 260 g/mol. The van der Waals surface area contributed by atoms with E-state index >= 15 is 0 Å². The number of nitrogens with two attached hydrogens (primary N) is 1. The number of hydrogen-bond acceptors (Lipinski definition) is 6. The second kappa shape index (κ2) is 5.83. The summed E-state index contributed by atoms with van der Waals surface area (Å²) in [5.74, 6) is -0.0751. The predicted octanol–water partition coefficient (Wildman–Crippen LogP) is -1.56. The van der Waals surface area contributed by atoms with Gasteiger partial charge in [-0.25, -0.2) is 0 Å². The van der Waals surface area contributed by atoms with E-state index in [0.29, 0.717) is 18.9 Å². The van der Waals surface area contributed by atoms with E-state index < -0.39 is 11.9 Å². The molecule has 0 spiro atoms. The van der Waals surface area contributed by atoms with Crippen LogP contribution in [0.2, 0.25) is 0 Å². The van der Waals surface area contributed by atoms with Gasteiger partial charge in [0.15, 0.2) is 11.5 Å². The van der Waals surface area contributed by atoms with E-state index in [1.54, 1.807) is 31.1 Å². The Bertz CT molecular complexity index is 501. The van der Waals surface area contributed by atoms with Gasteiger partial charge in [0.05, 0.1) is 0 Å². The highest BCUT2D eigenvalue weighted by Crippen LogP contribution is 2.15. The number of aromatic nitrogens is 2. The van der Waals surface area contributed by atoms with Crippen LogP contribution in [0, 0.1) is 0 Å². The van der Waals surface area contributed by atoms with Crippen LogP contribution in [0.25, 0.3) is 0 Å². The lowest BCUT2D eigenvalue weighted by Crippen LogP contribution is -2.57. The molecular formula is C12H18N6O2. The summed E-state index contributed by atoms with van der Waals surface area (Å²) < 4.78 is 0. The van der Waals surface area contributed by atoms with Gasteiger partial charge in [0.25, 0.3) is 5.91 Å². The average molecular weight is 278 g/mol. The molecule has 1 aliphatic heterocycles. The maximum absolute atomic E-state index is 11.7. The Labute approximate surface area is 116 Å². The Morgan fingerprint density at radius 2 is 2.15 bits per heavy atom. The van der Waals surface area contributed by atoms with E-state index in [0.717, 1.165) is 6.54 Å². The molecule has 1 atom stereocenters. The van der Waals surface area contributed by atoms with Crippen molar-refractivity contribution in [2.45, 2.75) is 6.04 Å². The normalized spacial score (nSPS) is 18.7. The third-order valence-corrected chi connectivity index (χ3v) is 3.14. The lowest BCUT2D eigenvalue weighted by molar-refractivity contribution is -0.119.